The van der Waals surface area contributed by atoms with E-state index in [1.54, 1.807) is 7.05 Å². The van der Waals surface area contributed by atoms with Crippen molar-refractivity contribution >= 4 is 41.3 Å². The molecule has 0 radical (unpaired) electrons. The van der Waals surface area contributed by atoms with Gasteiger partial charge in [-0.25, -0.2) is 0 Å². The minimum Gasteiger partial charge on any atom is -0.481 e. The van der Waals surface area contributed by atoms with Gasteiger partial charge < -0.3 is 26.8 Å². The lowest BCUT2D eigenvalue weighted by Crippen LogP contribution is -2.16. The van der Waals surface area contributed by atoms with Crippen LogP contribution in [-0.4, -0.2) is 37.8 Å². The van der Waals surface area contributed by atoms with Crippen LogP contribution in [-0.2, 0) is 9.59 Å². The van der Waals surface area contributed by atoms with Gasteiger partial charge in [0.1, 0.15) is 0 Å². The third-order valence-electron chi connectivity index (χ3n) is 4.92. The standard InChI is InChI=1S/C14H17N3.C10H19NO3.C3H5N/c1-10-8-12(15)14(16-2)9-13(10)17-11-6-4-3-5-7-11;1-11-9(12)7-5-3-2-4-6-8-10(13)14;1-3-4-2/h3-9,16-17H,15H2,1-2H3;2-8H2,1H3,(H,11,12)(H,13,14);3H,1-2H2. The number of aliphatic imine (C=N–C) groups is 1. The summed E-state index contributed by atoms with van der Waals surface area (Å²) >= 11 is 0. The Morgan fingerprint density at radius 3 is 2.09 bits per heavy atom. The van der Waals surface area contributed by atoms with E-state index < -0.39 is 5.97 Å². The highest BCUT2D eigenvalue weighted by atomic mass is 16.4. The summed E-state index contributed by atoms with van der Waals surface area (Å²) in [4.78, 5) is 24.2. The van der Waals surface area contributed by atoms with Crippen molar-refractivity contribution in [2.24, 2.45) is 4.99 Å². The number of unbranched alkanes of at least 4 members (excludes halogenated alkanes) is 4. The number of carbonyl (C=O) groups excluding carboxylic acids is 1. The normalized spacial score (nSPS) is 9.34. The lowest BCUT2D eigenvalue weighted by Gasteiger charge is -2.13. The molecule has 0 saturated heterocycles. The van der Waals surface area contributed by atoms with Gasteiger partial charge in [-0.2, -0.15) is 0 Å². The highest BCUT2D eigenvalue weighted by Crippen LogP contribution is 2.28. The molecule has 2 aromatic carbocycles. The highest BCUT2D eigenvalue weighted by molar-refractivity contribution is 5.77. The third kappa shape index (κ3) is 15.6. The average Bonchev–Trinajstić information content (AvgIpc) is 2.86. The summed E-state index contributed by atoms with van der Waals surface area (Å²) in [6, 6.07) is 14.1. The Morgan fingerprint density at radius 1 is 1.00 bits per heavy atom. The maximum Gasteiger partial charge on any atom is 0.303 e. The van der Waals surface area contributed by atoms with Crippen molar-refractivity contribution < 1.29 is 14.7 Å². The van der Waals surface area contributed by atoms with E-state index in [4.69, 9.17) is 10.8 Å². The van der Waals surface area contributed by atoms with Gasteiger partial charge >= 0.3 is 5.97 Å². The number of nitrogens with two attached hydrogens (primary N) is 1. The number of hydrogen-bond acceptors (Lipinski definition) is 6. The summed E-state index contributed by atoms with van der Waals surface area (Å²) in [5.41, 5.74) is 10.9. The number of carboxylic acid groups (broad SMARTS) is 1. The van der Waals surface area contributed by atoms with Crippen LogP contribution in [0.2, 0.25) is 0 Å². The molecule has 0 bridgehead atoms. The van der Waals surface area contributed by atoms with Crippen molar-refractivity contribution in [3.8, 4) is 0 Å². The number of nitrogens with one attached hydrogen (secondary N) is 3. The smallest absolute Gasteiger partial charge is 0.303 e. The van der Waals surface area contributed by atoms with Crippen LogP contribution in [0.4, 0.5) is 22.7 Å². The molecule has 0 aliphatic heterocycles. The number of para-hydroxylation sites is 1. The molecule has 0 aliphatic carbocycles. The Balaban J connectivity index is 0.000000583. The molecule has 8 nitrogen and oxygen atoms in total. The van der Waals surface area contributed by atoms with Crippen molar-refractivity contribution in [1.29, 1.82) is 0 Å². The summed E-state index contributed by atoms with van der Waals surface area (Å²) in [6.07, 6.45) is 6.84. The molecule has 0 spiro atoms. The maximum absolute atomic E-state index is 10.8. The molecule has 0 atom stereocenters. The summed E-state index contributed by atoms with van der Waals surface area (Å²) in [5.74, 6) is -0.647. The first-order chi connectivity index (χ1) is 16.8. The largest absolute Gasteiger partial charge is 0.481 e. The number of nitrogen functional groups attached to an aromatic ring is 1. The number of anilines is 4. The SMILES string of the molecule is C=CN=C.CNC(=O)CCCCCCCC(=O)O.CNc1cc(Nc2ccccc2)c(C)cc1N. The van der Waals surface area contributed by atoms with E-state index in [1.807, 2.05) is 56.4 Å². The first-order valence-corrected chi connectivity index (χ1v) is 11.7. The highest BCUT2D eigenvalue weighted by Gasteiger charge is 2.04. The summed E-state index contributed by atoms with van der Waals surface area (Å²) in [6.45, 7) is 8.40. The molecular formula is C27H41N5O3. The molecular weight excluding hydrogens is 442 g/mol. The maximum atomic E-state index is 10.8. The van der Waals surface area contributed by atoms with Crippen molar-refractivity contribution in [1.82, 2.24) is 5.32 Å². The molecule has 0 aliphatic rings. The van der Waals surface area contributed by atoms with Gasteiger partial charge in [0.2, 0.25) is 5.91 Å². The lowest BCUT2D eigenvalue weighted by atomic mass is 10.1. The number of benzene rings is 2. The fourth-order valence-corrected chi connectivity index (χ4v) is 2.98. The van der Waals surface area contributed by atoms with Crippen LogP contribution in [0.3, 0.4) is 0 Å². The number of carboxylic acids is 1. The van der Waals surface area contributed by atoms with E-state index in [0.29, 0.717) is 6.42 Å². The molecule has 0 unspecified atom stereocenters. The summed E-state index contributed by atoms with van der Waals surface area (Å²) < 4.78 is 0. The van der Waals surface area contributed by atoms with Crippen LogP contribution in [0.25, 0.3) is 0 Å². The van der Waals surface area contributed by atoms with Gasteiger partial charge in [0.25, 0.3) is 0 Å². The molecule has 35 heavy (non-hydrogen) atoms. The predicted molar refractivity (Wildman–Crippen MR) is 149 cm³/mol. The third-order valence-corrected chi connectivity index (χ3v) is 4.92. The number of aliphatic carboxylic acids is 1. The molecule has 0 heterocycles. The zero-order chi connectivity index (χ0) is 26.5. The first kappa shape index (κ1) is 31.2. The number of carbonyl (C=O) groups is 2. The molecule has 0 aromatic heterocycles. The molecule has 6 N–H and O–H groups in total. The number of aryl methyl sites for hydroxylation is 1. The topological polar surface area (TPSA) is 129 Å². The molecule has 8 heteroatoms. The van der Waals surface area contributed by atoms with Crippen LogP contribution in [0.1, 0.15) is 50.5 Å². The van der Waals surface area contributed by atoms with E-state index in [-0.39, 0.29) is 12.3 Å². The monoisotopic (exact) mass is 483 g/mol. The Bertz CT molecular complexity index is 895. The molecule has 0 fully saturated rings. The number of hydrogen-bond donors (Lipinski definition) is 5. The fraction of sp³-hybridized carbons (Fsp3) is 0.370. The Morgan fingerprint density at radius 2 is 1.57 bits per heavy atom. The fourth-order valence-electron chi connectivity index (χ4n) is 2.98. The van der Waals surface area contributed by atoms with E-state index >= 15 is 0 Å². The van der Waals surface area contributed by atoms with Gasteiger partial charge in [0.05, 0.1) is 11.4 Å². The van der Waals surface area contributed by atoms with E-state index in [9.17, 15) is 9.59 Å². The first-order valence-electron chi connectivity index (χ1n) is 11.7. The van der Waals surface area contributed by atoms with Crippen LogP contribution in [0, 0.1) is 6.92 Å². The molecule has 0 saturated carbocycles. The second-order valence-electron chi connectivity index (χ2n) is 7.70. The van der Waals surface area contributed by atoms with Crippen LogP contribution in [0.15, 0.2) is 60.2 Å². The van der Waals surface area contributed by atoms with E-state index in [2.05, 4.69) is 34.2 Å². The van der Waals surface area contributed by atoms with Crippen LogP contribution < -0.4 is 21.7 Å². The second kappa shape index (κ2) is 19.6. The Hall–Kier alpha value is -3.81. The predicted octanol–water partition coefficient (Wildman–Crippen LogP) is 5.74. The molecule has 2 rings (SSSR count). The number of nitrogens with zero attached hydrogens (tertiary/aromatic N) is 1. The minimum absolute atomic E-state index is 0.0792. The minimum atomic E-state index is -0.727. The van der Waals surface area contributed by atoms with Gasteiger partial charge in [-0.3, -0.25) is 14.6 Å². The Kier molecular flexibility index (Phi) is 17.5. The zero-order valence-corrected chi connectivity index (χ0v) is 21.3. The Labute approximate surface area is 209 Å². The van der Waals surface area contributed by atoms with Crippen LogP contribution in [0.5, 0.6) is 0 Å². The molecule has 1 amide bonds. The van der Waals surface area contributed by atoms with Crippen molar-refractivity contribution in [3.05, 3.63) is 60.8 Å². The quantitative estimate of drug-likeness (QED) is 0.149. The van der Waals surface area contributed by atoms with Gasteiger partial charge in [0, 0.05) is 44.5 Å². The summed E-state index contributed by atoms with van der Waals surface area (Å²) in [7, 11) is 3.50. The number of amides is 1. The number of rotatable bonds is 12. The van der Waals surface area contributed by atoms with Gasteiger partial charge in [-0.05, 0) is 56.3 Å². The van der Waals surface area contributed by atoms with Gasteiger partial charge in [0.15, 0.2) is 0 Å². The summed E-state index contributed by atoms with van der Waals surface area (Å²) in [5, 5.41) is 17.4. The van der Waals surface area contributed by atoms with E-state index in [1.165, 1.54) is 6.20 Å². The van der Waals surface area contributed by atoms with Crippen molar-refractivity contribution in [2.45, 2.75) is 51.9 Å². The van der Waals surface area contributed by atoms with Gasteiger partial charge in [-0.1, -0.05) is 44.0 Å². The van der Waals surface area contributed by atoms with Gasteiger partial charge in [-0.15, -0.1) is 0 Å². The molecule has 2 aromatic rings. The van der Waals surface area contributed by atoms with Crippen molar-refractivity contribution in [3.63, 3.8) is 0 Å². The molecule has 192 valence electrons. The second-order valence-corrected chi connectivity index (χ2v) is 7.70. The zero-order valence-electron chi connectivity index (χ0n) is 21.3. The van der Waals surface area contributed by atoms with Crippen LogP contribution >= 0.6 is 0 Å². The lowest BCUT2D eigenvalue weighted by molar-refractivity contribution is -0.137. The van der Waals surface area contributed by atoms with E-state index in [0.717, 1.165) is 60.4 Å². The van der Waals surface area contributed by atoms with Crippen molar-refractivity contribution in [2.75, 3.05) is 30.5 Å². The average molecular weight is 484 g/mol.